The van der Waals surface area contributed by atoms with Crippen LogP contribution in [0.3, 0.4) is 0 Å². The van der Waals surface area contributed by atoms with Crippen molar-refractivity contribution >= 4 is 28.4 Å². The quantitative estimate of drug-likeness (QED) is 0.837. The van der Waals surface area contributed by atoms with Gasteiger partial charge in [-0.2, -0.15) is 0 Å². The molecule has 0 spiro atoms. The number of hydrogen-bond donors (Lipinski definition) is 1. The Morgan fingerprint density at radius 1 is 1.50 bits per heavy atom. The van der Waals surface area contributed by atoms with Crippen LogP contribution in [0.4, 0.5) is 5.82 Å². The Labute approximate surface area is 109 Å². The Kier molecular flexibility index (Phi) is 3.96. The number of nitrogens with zero attached hydrogens (tertiary/aromatic N) is 3. The summed E-state index contributed by atoms with van der Waals surface area (Å²) in [6.45, 7) is 3.83. The van der Waals surface area contributed by atoms with Gasteiger partial charge in [-0.3, -0.25) is 0 Å². The van der Waals surface area contributed by atoms with Crippen molar-refractivity contribution in [3.05, 3.63) is 16.1 Å². The van der Waals surface area contributed by atoms with Crippen LogP contribution in [0.1, 0.15) is 19.8 Å². The Morgan fingerprint density at radius 3 is 2.75 bits per heavy atom. The summed E-state index contributed by atoms with van der Waals surface area (Å²) in [6.07, 6.45) is 5.32. The molecule has 0 aromatic carbocycles. The highest BCUT2D eigenvalue weighted by Gasteiger charge is 2.24. The number of aliphatic hydroxyl groups excluding tert-OH is 1. The summed E-state index contributed by atoms with van der Waals surface area (Å²) in [7, 11) is 0. The molecule has 88 valence electrons. The van der Waals surface area contributed by atoms with Gasteiger partial charge in [0.05, 0.1) is 9.67 Å². The van der Waals surface area contributed by atoms with Crippen LogP contribution in [0, 0.1) is 9.49 Å². The van der Waals surface area contributed by atoms with Gasteiger partial charge in [0.1, 0.15) is 12.1 Å². The lowest BCUT2D eigenvalue weighted by molar-refractivity contribution is 0.109. The molecular weight excluding hydrogens is 317 g/mol. The molecule has 1 atom stereocenters. The topological polar surface area (TPSA) is 49.2 Å². The molecule has 1 N–H and O–H groups in total. The first-order valence-electron chi connectivity index (χ1n) is 5.57. The summed E-state index contributed by atoms with van der Waals surface area (Å²) in [4.78, 5) is 10.6. The van der Waals surface area contributed by atoms with E-state index in [-0.39, 0.29) is 6.10 Å². The van der Waals surface area contributed by atoms with E-state index in [1.165, 1.54) is 0 Å². The average molecular weight is 333 g/mol. The van der Waals surface area contributed by atoms with Crippen LogP contribution in [-0.4, -0.2) is 34.3 Å². The van der Waals surface area contributed by atoms with Gasteiger partial charge in [0.25, 0.3) is 0 Å². The van der Waals surface area contributed by atoms with Crippen molar-refractivity contribution < 1.29 is 5.11 Å². The fourth-order valence-electron chi connectivity index (χ4n) is 2.13. The van der Waals surface area contributed by atoms with Gasteiger partial charge in [0.2, 0.25) is 0 Å². The third-order valence-electron chi connectivity index (χ3n) is 3.17. The lowest BCUT2D eigenvalue weighted by Gasteiger charge is -2.34. The van der Waals surface area contributed by atoms with Gasteiger partial charge in [0.15, 0.2) is 0 Å². The van der Waals surface area contributed by atoms with Crippen molar-refractivity contribution in [3.8, 4) is 0 Å². The zero-order valence-corrected chi connectivity index (χ0v) is 11.5. The molecule has 1 aromatic rings. The van der Waals surface area contributed by atoms with E-state index in [2.05, 4.69) is 37.5 Å². The molecule has 1 fully saturated rings. The number of halogens is 1. The maximum atomic E-state index is 9.54. The number of piperidine rings is 1. The standard InChI is InChI=1S/C11H16IN3O/c1-8(16)9-2-4-15(5-3-9)11-10(12)6-13-7-14-11/h6-9,16H,2-5H2,1H3. The van der Waals surface area contributed by atoms with Gasteiger partial charge in [0, 0.05) is 19.3 Å². The molecule has 5 heteroatoms. The van der Waals surface area contributed by atoms with Crippen molar-refractivity contribution in [2.75, 3.05) is 18.0 Å². The smallest absolute Gasteiger partial charge is 0.145 e. The predicted octanol–water partition coefficient (Wildman–Crippen LogP) is 1.68. The predicted molar refractivity (Wildman–Crippen MR) is 71.4 cm³/mol. The Morgan fingerprint density at radius 2 is 2.19 bits per heavy atom. The summed E-state index contributed by atoms with van der Waals surface area (Å²) < 4.78 is 1.09. The monoisotopic (exact) mass is 333 g/mol. The molecule has 1 aliphatic heterocycles. The Balaban J connectivity index is 2.02. The minimum Gasteiger partial charge on any atom is -0.393 e. The summed E-state index contributed by atoms with van der Waals surface area (Å²) in [6, 6.07) is 0. The van der Waals surface area contributed by atoms with E-state index < -0.39 is 0 Å². The van der Waals surface area contributed by atoms with Crippen molar-refractivity contribution in [1.82, 2.24) is 9.97 Å². The first kappa shape index (κ1) is 12.0. The van der Waals surface area contributed by atoms with Gasteiger partial charge in [-0.15, -0.1) is 0 Å². The van der Waals surface area contributed by atoms with E-state index in [4.69, 9.17) is 0 Å². The van der Waals surface area contributed by atoms with Crippen LogP contribution in [0.25, 0.3) is 0 Å². The fraction of sp³-hybridized carbons (Fsp3) is 0.636. The van der Waals surface area contributed by atoms with Crippen LogP contribution in [0.15, 0.2) is 12.5 Å². The second kappa shape index (κ2) is 5.27. The molecule has 0 saturated carbocycles. The normalized spacial score (nSPS) is 19.8. The molecule has 2 rings (SSSR count). The highest BCUT2D eigenvalue weighted by Crippen LogP contribution is 2.26. The Bertz CT molecular complexity index is 351. The lowest BCUT2D eigenvalue weighted by Crippen LogP contribution is -2.37. The summed E-state index contributed by atoms with van der Waals surface area (Å²) in [5, 5.41) is 9.54. The molecule has 1 unspecified atom stereocenters. The molecule has 1 aromatic heterocycles. The Hall–Kier alpha value is -0.430. The lowest BCUT2D eigenvalue weighted by atomic mass is 9.92. The van der Waals surface area contributed by atoms with Gasteiger partial charge in [-0.1, -0.05) is 0 Å². The molecular formula is C11H16IN3O. The molecule has 2 heterocycles. The van der Waals surface area contributed by atoms with Crippen molar-refractivity contribution in [1.29, 1.82) is 0 Å². The molecule has 1 aliphatic rings. The maximum absolute atomic E-state index is 9.54. The number of aliphatic hydroxyl groups is 1. The first-order valence-corrected chi connectivity index (χ1v) is 6.65. The first-order chi connectivity index (χ1) is 7.68. The highest BCUT2D eigenvalue weighted by molar-refractivity contribution is 14.1. The van der Waals surface area contributed by atoms with Gasteiger partial charge >= 0.3 is 0 Å². The zero-order valence-electron chi connectivity index (χ0n) is 9.30. The van der Waals surface area contributed by atoms with E-state index in [0.29, 0.717) is 5.92 Å². The van der Waals surface area contributed by atoms with Crippen molar-refractivity contribution in [3.63, 3.8) is 0 Å². The van der Waals surface area contributed by atoms with Crippen LogP contribution in [0.2, 0.25) is 0 Å². The molecule has 0 aliphatic carbocycles. The second-order valence-corrected chi connectivity index (χ2v) is 5.42. The number of aromatic nitrogens is 2. The van der Waals surface area contributed by atoms with E-state index in [1.54, 1.807) is 6.33 Å². The fourth-order valence-corrected chi connectivity index (χ4v) is 2.77. The molecule has 16 heavy (non-hydrogen) atoms. The third-order valence-corrected chi connectivity index (χ3v) is 3.93. The number of hydrogen-bond acceptors (Lipinski definition) is 4. The van der Waals surface area contributed by atoms with Gasteiger partial charge in [-0.25, -0.2) is 9.97 Å². The van der Waals surface area contributed by atoms with E-state index in [9.17, 15) is 5.11 Å². The van der Waals surface area contributed by atoms with E-state index >= 15 is 0 Å². The SMILES string of the molecule is CC(O)C1CCN(c2ncncc2I)CC1. The second-order valence-electron chi connectivity index (χ2n) is 4.26. The minimum atomic E-state index is -0.188. The number of anilines is 1. The summed E-state index contributed by atoms with van der Waals surface area (Å²) >= 11 is 2.27. The minimum absolute atomic E-state index is 0.188. The van der Waals surface area contributed by atoms with Gasteiger partial charge < -0.3 is 10.0 Å². The van der Waals surface area contributed by atoms with Crippen LogP contribution >= 0.6 is 22.6 Å². The molecule has 4 nitrogen and oxygen atoms in total. The van der Waals surface area contributed by atoms with Gasteiger partial charge in [-0.05, 0) is 48.3 Å². The highest BCUT2D eigenvalue weighted by atomic mass is 127. The summed E-state index contributed by atoms with van der Waals surface area (Å²) in [5.74, 6) is 1.47. The van der Waals surface area contributed by atoms with Crippen LogP contribution in [-0.2, 0) is 0 Å². The van der Waals surface area contributed by atoms with Crippen molar-refractivity contribution in [2.24, 2.45) is 5.92 Å². The average Bonchev–Trinajstić information content (AvgIpc) is 2.30. The molecule has 0 radical (unpaired) electrons. The molecule has 1 saturated heterocycles. The molecule has 0 amide bonds. The summed E-state index contributed by atoms with van der Waals surface area (Å²) in [5.41, 5.74) is 0. The number of rotatable bonds is 2. The van der Waals surface area contributed by atoms with E-state index in [1.807, 2.05) is 13.1 Å². The third kappa shape index (κ3) is 2.63. The maximum Gasteiger partial charge on any atom is 0.145 e. The van der Waals surface area contributed by atoms with Crippen molar-refractivity contribution in [2.45, 2.75) is 25.9 Å². The zero-order chi connectivity index (χ0) is 11.5. The molecule has 0 bridgehead atoms. The van der Waals surface area contributed by atoms with Crippen LogP contribution < -0.4 is 4.90 Å². The van der Waals surface area contributed by atoms with E-state index in [0.717, 1.165) is 35.3 Å². The van der Waals surface area contributed by atoms with Crippen LogP contribution in [0.5, 0.6) is 0 Å². The largest absolute Gasteiger partial charge is 0.393 e.